The number of pyridine rings is 2. The smallest absolute Gasteiger partial charge is 0.155 e. The number of aliphatic hydroxyl groups excluding tert-OH is 1. The van der Waals surface area contributed by atoms with Gasteiger partial charge < -0.3 is 10.1 Å². The normalized spacial score (nSPS) is 10.7. The van der Waals surface area contributed by atoms with Crippen LogP contribution in [0.2, 0.25) is 0 Å². The van der Waals surface area contributed by atoms with E-state index in [4.69, 9.17) is 5.11 Å². The molecule has 0 radical (unpaired) electrons. The van der Waals surface area contributed by atoms with Crippen LogP contribution in [0.1, 0.15) is 36.1 Å². The quantitative estimate of drug-likeness (QED) is 0.0755. The Morgan fingerprint density at radius 1 is 0.562 bits per heavy atom. The number of aromatic nitrogens is 2. The number of carbonyl (C=O) groups excluding carboxylic acids is 1. The summed E-state index contributed by atoms with van der Waals surface area (Å²) in [5.74, 6) is -0.0625. The van der Waals surface area contributed by atoms with E-state index in [-0.39, 0.29) is 32.6 Å². The second-order valence-electron chi connectivity index (χ2n) is 10.5. The molecule has 1 N–H and O–H groups in total. The maximum absolute atomic E-state index is 10.0. The van der Waals surface area contributed by atoms with E-state index in [0.29, 0.717) is 0 Å². The van der Waals surface area contributed by atoms with Crippen molar-refractivity contribution in [3.8, 4) is 22.5 Å². The fourth-order valence-electron chi connectivity index (χ4n) is 4.33. The van der Waals surface area contributed by atoms with Gasteiger partial charge in [-0.15, -0.1) is 35.4 Å². The molecule has 48 heavy (non-hydrogen) atoms. The van der Waals surface area contributed by atoms with Crippen LogP contribution in [0.4, 0.5) is 0 Å². The van der Waals surface area contributed by atoms with E-state index in [0.717, 1.165) is 28.1 Å². The van der Waals surface area contributed by atoms with E-state index in [1.54, 1.807) is 6.20 Å². The van der Waals surface area contributed by atoms with Crippen LogP contribution in [0.3, 0.4) is 0 Å². The summed E-state index contributed by atoms with van der Waals surface area (Å²) < 4.78 is 0. The molecule has 0 aliphatic carbocycles. The van der Waals surface area contributed by atoms with Crippen LogP contribution in [0.5, 0.6) is 0 Å². The number of hydrogen-bond acceptors (Lipinski definition) is 4. The fraction of sp³-hybridized carbons (Fsp3) is 0.0465. The minimum atomic E-state index is -0.125. The Hall–Kier alpha value is -5.44. The Morgan fingerprint density at radius 3 is 1.44 bits per heavy atom. The molecule has 242 valence electrons. The maximum Gasteiger partial charge on any atom is 0.155 e. The first-order chi connectivity index (χ1) is 23.0. The van der Waals surface area contributed by atoms with E-state index in [2.05, 4.69) is 94.9 Å². The zero-order valence-corrected chi connectivity index (χ0v) is 29.2. The molecule has 0 unspecified atom stereocenters. The molecular formula is C43H37N2O2Pt-. The molecule has 4 aromatic carbocycles. The average molecular weight is 809 g/mol. The first-order valence-electron chi connectivity index (χ1n) is 15.2. The molecule has 6 aromatic rings. The van der Waals surface area contributed by atoms with Crippen molar-refractivity contribution < 1.29 is 31.0 Å². The molecular weight excluding hydrogens is 772 g/mol. The number of benzene rings is 4. The molecule has 0 aliphatic heterocycles. The van der Waals surface area contributed by atoms with Crippen molar-refractivity contribution in [3.63, 3.8) is 0 Å². The largest absolute Gasteiger partial charge is 0.512 e. The van der Waals surface area contributed by atoms with Crippen molar-refractivity contribution in [1.82, 2.24) is 9.97 Å². The molecule has 0 aliphatic rings. The predicted octanol–water partition coefficient (Wildman–Crippen LogP) is 10.7. The van der Waals surface area contributed by atoms with Gasteiger partial charge in [0, 0.05) is 45.1 Å². The molecule has 0 saturated heterocycles. The van der Waals surface area contributed by atoms with Crippen LogP contribution in [-0.2, 0) is 25.9 Å². The van der Waals surface area contributed by atoms with Gasteiger partial charge in [-0.25, -0.2) is 0 Å². The number of nitrogens with zero attached hydrogens (tertiary/aromatic N) is 2. The van der Waals surface area contributed by atoms with Gasteiger partial charge in [-0.2, -0.15) is 0 Å². The third-order valence-electron chi connectivity index (χ3n) is 6.60. The SMILES string of the molecule is C(=C\c1ccc(-c2ccccn2)cc1)/c1ccccc1.CC(=O)C=C(C)O.[Pt].[c-]1cc(/C=C/c2ccccc2)ccc1-c1ccccn1. The first-order valence-corrected chi connectivity index (χ1v) is 15.2. The minimum absolute atomic E-state index is 0. The molecule has 0 atom stereocenters. The third-order valence-corrected chi connectivity index (χ3v) is 6.60. The van der Waals surface area contributed by atoms with Crippen molar-refractivity contribution >= 4 is 30.1 Å². The Bertz CT molecular complexity index is 1740. The molecule has 0 saturated carbocycles. The van der Waals surface area contributed by atoms with Crippen molar-refractivity contribution in [3.05, 3.63) is 192 Å². The van der Waals surface area contributed by atoms with E-state index < -0.39 is 0 Å². The standard InChI is InChI=1S/C19H15N.C19H14N.C5H8O2.Pt/c2*1-2-6-16(7-3-1)9-10-17-11-13-18(14-12-17)19-8-4-5-15-20-19;1-4(6)3-5(2)7;/h1-15H;1-13,15H;3,6H,1-2H3;/q;-1;;/b2*10-9+;;. The maximum atomic E-state index is 10.0. The van der Waals surface area contributed by atoms with E-state index in [1.807, 2.05) is 91.1 Å². The fourth-order valence-corrected chi connectivity index (χ4v) is 4.33. The average Bonchev–Trinajstić information content (AvgIpc) is 3.12. The summed E-state index contributed by atoms with van der Waals surface area (Å²) in [4.78, 5) is 18.7. The van der Waals surface area contributed by atoms with Gasteiger partial charge in [-0.05, 0) is 54.4 Å². The zero-order chi connectivity index (χ0) is 33.1. The van der Waals surface area contributed by atoms with Gasteiger partial charge >= 0.3 is 0 Å². The summed E-state index contributed by atoms with van der Waals surface area (Å²) in [5.41, 5.74) is 8.84. The van der Waals surface area contributed by atoms with Crippen molar-refractivity contribution in [2.45, 2.75) is 13.8 Å². The van der Waals surface area contributed by atoms with E-state index in [1.165, 1.54) is 36.6 Å². The van der Waals surface area contributed by atoms with Gasteiger partial charge in [0.25, 0.3) is 0 Å². The van der Waals surface area contributed by atoms with Gasteiger partial charge in [0.15, 0.2) is 5.78 Å². The Morgan fingerprint density at radius 2 is 1.02 bits per heavy atom. The van der Waals surface area contributed by atoms with E-state index in [9.17, 15) is 4.79 Å². The Balaban J connectivity index is 0.000000215. The minimum Gasteiger partial charge on any atom is -0.512 e. The Kier molecular flexibility index (Phi) is 15.9. The number of carbonyl (C=O) groups is 1. The molecule has 0 fully saturated rings. The van der Waals surface area contributed by atoms with Gasteiger partial charge in [0.05, 0.1) is 11.5 Å². The summed E-state index contributed by atoms with van der Waals surface area (Å²) in [7, 11) is 0. The van der Waals surface area contributed by atoms with Gasteiger partial charge in [0.2, 0.25) is 0 Å². The number of allylic oxidation sites excluding steroid dienone is 2. The van der Waals surface area contributed by atoms with Crippen LogP contribution in [0.15, 0.2) is 164 Å². The first kappa shape index (κ1) is 37.0. The number of aliphatic hydroxyl groups is 1. The van der Waals surface area contributed by atoms with E-state index >= 15 is 0 Å². The van der Waals surface area contributed by atoms with Crippen molar-refractivity contribution in [2.24, 2.45) is 0 Å². The van der Waals surface area contributed by atoms with Gasteiger partial charge in [-0.3, -0.25) is 9.78 Å². The summed E-state index contributed by atoms with van der Waals surface area (Å²) >= 11 is 0. The van der Waals surface area contributed by atoms with Gasteiger partial charge in [0.1, 0.15) is 0 Å². The van der Waals surface area contributed by atoms with Crippen LogP contribution < -0.4 is 0 Å². The summed E-state index contributed by atoms with van der Waals surface area (Å²) in [6, 6.07) is 50.3. The predicted molar refractivity (Wildman–Crippen MR) is 196 cm³/mol. The van der Waals surface area contributed by atoms with Crippen LogP contribution in [0.25, 0.3) is 46.8 Å². The Labute approximate surface area is 298 Å². The summed E-state index contributed by atoms with van der Waals surface area (Å²) in [6.07, 6.45) is 13.2. The molecule has 0 spiro atoms. The monoisotopic (exact) mass is 808 g/mol. The number of ketones is 1. The van der Waals surface area contributed by atoms with Gasteiger partial charge in [-0.1, -0.05) is 127 Å². The molecule has 2 heterocycles. The number of hydrogen-bond donors (Lipinski definition) is 1. The second kappa shape index (κ2) is 20.6. The molecule has 5 heteroatoms. The third kappa shape index (κ3) is 13.5. The zero-order valence-electron chi connectivity index (χ0n) is 26.9. The summed E-state index contributed by atoms with van der Waals surface area (Å²) in [6.45, 7) is 2.85. The van der Waals surface area contributed by atoms with Crippen LogP contribution in [0, 0.1) is 6.07 Å². The number of rotatable bonds is 7. The topological polar surface area (TPSA) is 63.1 Å². The molecule has 0 bridgehead atoms. The van der Waals surface area contributed by atoms with Crippen LogP contribution in [-0.4, -0.2) is 20.9 Å². The van der Waals surface area contributed by atoms with Crippen LogP contribution >= 0.6 is 0 Å². The summed E-state index contributed by atoms with van der Waals surface area (Å²) in [5, 5.41) is 8.36. The second-order valence-corrected chi connectivity index (χ2v) is 10.5. The molecule has 2 aromatic heterocycles. The molecule has 0 amide bonds. The molecule has 6 rings (SSSR count). The van der Waals surface area contributed by atoms with Crippen molar-refractivity contribution in [1.29, 1.82) is 0 Å². The van der Waals surface area contributed by atoms with Crippen molar-refractivity contribution in [2.75, 3.05) is 0 Å². The molecule has 4 nitrogen and oxygen atoms in total.